The second kappa shape index (κ2) is 21.2. The van der Waals surface area contributed by atoms with Crippen molar-refractivity contribution in [3.8, 4) is 0 Å². The molecular formula is C38H60O13. The lowest BCUT2D eigenvalue weighted by molar-refractivity contribution is -0.327. The molecule has 3 N–H and O–H groups in total. The molecule has 3 aliphatic rings. The predicted octanol–water partition coefficient (Wildman–Crippen LogP) is 4.35. The average molecular weight is 725 g/mol. The van der Waals surface area contributed by atoms with E-state index >= 15 is 0 Å². The van der Waals surface area contributed by atoms with Gasteiger partial charge in [0.25, 0.3) is 0 Å². The maximum atomic E-state index is 13.3. The summed E-state index contributed by atoms with van der Waals surface area (Å²) in [4.78, 5) is 38.7. The lowest BCUT2D eigenvalue weighted by Crippen LogP contribution is -2.62. The van der Waals surface area contributed by atoms with Crippen molar-refractivity contribution in [1.29, 1.82) is 0 Å². The molecule has 0 spiro atoms. The Balaban J connectivity index is 2.04. The van der Waals surface area contributed by atoms with Crippen LogP contribution in [0.4, 0.5) is 0 Å². The van der Waals surface area contributed by atoms with E-state index in [0.29, 0.717) is 32.3 Å². The van der Waals surface area contributed by atoms with Crippen LogP contribution in [-0.2, 0) is 47.5 Å². The number of methoxy groups -OCH3 is 1. The molecule has 0 saturated carbocycles. The molecule has 0 radical (unpaired) electrons. The van der Waals surface area contributed by atoms with Gasteiger partial charge in [0.1, 0.15) is 6.10 Å². The molecular weight excluding hydrogens is 664 g/mol. The molecule has 3 unspecified atom stereocenters. The highest BCUT2D eigenvalue weighted by atomic mass is 16.7. The summed E-state index contributed by atoms with van der Waals surface area (Å²) in [7, 11) is 1.21. The van der Waals surface area contributed by atoms with E-state index in [2.05, 4.69) is 13.5 Å². The summed E-state index contributed by atoms with van der Waals surface area (Å²) in [6, 6.07) is 0. The van der Waals surface area contributed by atoms with Gasteiger partial charge in [-0.3, -0.25) is 9.59 Å². The van der Waals surface area contributed by atoms with E-state index in [1.165, 1.54) is 13.2 Å². The summed E-state index contributed by atoms with van der Waals surface area (Å²) >= 11 is 0. The van der Waals surface area contributed by atoms with E-state index in [-0.39, 0.29) is 56.5 Å². The van der Waals surface area contributed by atoms with Gasteiger partial charge in [-0.1, -0.05) is 58.6 Å². The number of esters is 3. The van der Waals surface area contributed by atoms with Gasteiger partial charge in [0.05, 0.1) is 44.6 Å². The van der Waals surface area contributed by atoms with Crippen LogP contribution < -0.4 is 0 Å². The fraction of sp³-hybridized carbons (Fsp3) is 0.763. The number of unbranched alkanes of at least 4 members (excludes halogenated alkanes) is 4. The van der Waals surface area contributed by atoms with E-state index in [1.54, 1.807) is 32.1 Å². The van der Waals surface area contributed by atoms with Crippen LogP contribution in [-0.4, -0.2) is 109 Å². The van der Waals surface area contributed by atoms with Gasteiger partial charge in [-0.25, -0.2) is 4.79 Å². The van der Waals surface area contributed by atoms with Gasteiger partial charge in [-0.05, 0) is 43.8 Å². The van der Waals surface area contributed by atoms with E-state index in [0.717, 1.165) is 25.7 Å². The Morgan fingerprint density at radius 1 is 1.04 bits per heavy atom. The third kappa shape index (κ3) is 13.4. The minimum Gasteiger partial charge on any atom is -0.466 e. The number of ether oxygens (including phenoxy) is 7. The SMILES string of the molecule is C=CC[C@H]1CC2CCOCC[C@@H](O)CC(=O)OC(CO)C[C@@H]3CC(=CC(=O)OC)[C@H](OC(=O)CCCCCCC)[C@@](O)(O3)C(C)(C)C=CC(O2)O1. The molecule has 0 aromatic heterocycles. The second-order valence-corrected chi connectivity index (χ2v) is 14.2. The van der Waals surface area contributed by atoms with Crippen molar-refractivity contribution in [2.75, 3.05) is 26.9 Å². The fourth-order valence-corrected chi connectivity index (χ4v) is 6.55. The van der Waals surface area contributed by atoms with Crippen molar-refractivity contribution < 1.29 is 62.9 Å². The zero-order valence-corrected chi connectivity index (χ0v) is 30.8. The van der Waals surface area contributed by atoms with Crippen LogP contribution in [0, 0.1) is 5.41 Å². The molecule has 13 heteroatoms. The van der Waals surface area contributed by atoms with Crippen molar-refractivity contribution >= 4 is 17.9 Å². The van der Waals surface area contributed by atoms with Crippen molar-refractivity contribution in [3.63, 3.8) is 0 Å². The van der Waals surface area contributed by atoms with Crippen LogP contribution in [0.1, 0.15) is 104 Å². The number of fused-ring (bicyclic) bond motifs is 4. The molecule has 51 heavy (non-hydrogen) atoms. The Hall–Kier alpha value is -2.65. The number of carbonyl (C=O) groups excluding carboxylic acids is 3. The minimum atomic E-state index is -2.27. The van der Waals surface area contributed by atoms with Crippen LogP contribution in [0.3, 0.4) is 0 Å². The number of hydrogen-bond acceptors (Lipinski definition) is 13. The maximum Gasteiger partial charge on any atom is 0.330 e. The van der Waals surface area contributed by atoms with Gasteiger partial charge in [-0.15, -0.1) is 6.58 Å². The first-order valence-corrected chi connectivity index (χ1v) is 18.4. The number of aliphatic hydroxyl groups excluding tert-OH is 2. The molecule has 0 aromatic carbocycles. The van der Waals surface area contributed by atoms with Crippen LogP contribution >= 0.6 is 0 Å². The van der Waals surface area contributed by atoms with Gasteiger partial charge in [0.2, 0.25) is 5.79 Å². The first-order chi connectivity index (χ1) is 24.3. The first-order valence-electron chi connectivity index (χ1n) is 18.4. The molecule has 0 aromatic rings. The van der Waals surface area contributed by atoms with Gasteiger partial charge in [0.15, 0.2) is 12.4 Å². The summed E-state index contributed by atoms with van der Waals surface area (Å²) in [6.45, 7) is 9.35. The Kier molecular flexibility index (Phi) is 17.7. The molecule has 0 amide bonds. The maximum absolute atomic E-state index is 13.3. The quantitative estimate of drug-likeness (QED) is 0.0902. The molecule has 290 valence electrons. The van der Waals surface area contributed by atoms with Crippen molar-refractivity contribution in [2.45, 2.75) is 153 Å². The molecule has 4 bridgehead atoms. The van der Waals surface area contributed by atoms with E-state index < -0.39 is 66.4 Å². The first kappa shape index (κ1) is 42.8. The van der Waals surface area contributed by atoms with Gasteiger partial charge in [-0.2, -0.15) is 0 Å². The fourth-order valence-electron chi connectivity index (χ4n) is 6.55. The van der Waals surface area contributed by atoms with Gasteiger partial charge in [0, 0.05) is 44.0 Å². The largest absolute Gasteiger partial charge is 0.466 e. The van der Waals surface area contributed by atoms with E-state index in [1.807, 2.05) is 0 Å². The normalized spacial score (nSPS) is 33.1. The summed E-state index contributed by atoms with van der Waals surface area (Å²) in [5, 5.41) is 33.3. The molecule has 13 nitrogen and oxygen atoms in total. The van der Waals surface area contributed by atoms with E-state index in [4.69, 9.17) is 33.2 Å². The number of carbonyl (C=O) groups is 3. The van der Waals surface area contributed by atoms with Crippen LogP contribution in [0.15, 0.2) is 36.5 Å². The second-order valence-electron chi connectivity index (χ2n) is 14.2. The monoisotopic (exact) mass is 724 g/mol. The zero-order chi connectivity index (χ0) is 37.4. The van der Waals surface area contributed by atoms with Gasteiger partial charge >= 0.3 is 17.9 Å². The summed E-state index contributed by atoms with van der Waals surface area (Å²) in [6.07, 6.45) is 6.85. The Labute approximate surface area is 302 Å². The summed E-state index contributed by atoms with van der Waals surface area (Å²) in [5.41, 5.74) is -1.08. The van der Waals surface area contributed by atoms with Crippen LogP contribution in [0.5, 0.6) is 0 Å². The number of rotatable bonds is 11. The Morgan fingerprint density at radius 2 is 1.76 bits per heavy atom. The molecule has 0 aliphatic carbocycles. The third-order valence-electron chi connectivity index (χ3n) is 9.55. The van der Waals surface area contributed by atoms with E-state index in [9.17, 15) is 29.7 Å². The highest BCUT2D eigenvalue weighted by Crippen LogP contribution is 2.47. The lowest BCUT2D eigenvalue weighted by atomic mass is 9.74. The van der Waals surface area contributed by atoms with Crippen LogP contribution in [0.2, 0.25) is 0 Å². The predicted molar refractivity (Wildman–Crippen MR) is 186 cm³/mol. The smallest absolute Gasteiger partial charge is 0.330 e. The Bertz CT molecular complexity index is 1180. The minimum absolute atomic E-state index is 0.0145. The summed E-state index contributed by atoms with van der Waals surface area (Å²) < 4.78 is 41.0. The third-order valence-corrected chi connectivity index (χ3v) is 9.55. The molecule has 8 atom stereocenters. The van der Waals surface area contributed by atoms with Crippen molar-refractivity contribution in [1.82, 2.24) is 0 Å². The number of aliphatic hydroxyl groups is 3. The highest BCUT2D eigenvalue weighted by molar-refractivity contribution is 5.83. The molecule has 2 saturated heterocycles. The zero-order valence-electron chi connectivity index (χ0n) is 30.8. The Morgan fingerprint density at radius 3 is 2.47 bits per heavy atom. The number of hydrogen-bond donors (Lipinski definition) is 3. The lowest BCUT2D eigenvalue weighted by Gasteiger charge is -2.51. The molecule has 3 rings (SSSR count). The standard InChI is InChI=1S/C38H60O13/c1-6-8-9-10-11-13-32(41)50-36-26(21-33(42)45-5)20-30-24-31(25-39)47-34(43)22-27(40)15-18-46-19-16-29-23-28(12-7-2)48-35(49-29)14-17-37(3,4)38(36,44)51-30/h7,14,17,21,27-31,35-36,39-40,44H,2,6,8-13,15-16,18-20,22-25H2,1,3-5H3/t27-,28+,29?,30+,31?,35?,36+,38-/m1/s1. The van der Waals surface area contributed by atoms with Gasteiger partial charge < -0.3 is 48.5 Å². The summed E-state index contributed by atoms with van der Waals surface area (Å²) in [5.74, 6) is -4.29. The molecule has 3 heterocycles. The number of cyclic esters (lactones) is 1. The molecule has 3 aliphatic heterocycles. The topological polar surface area (TPSA) is 177 Å². The van der Waals surface area contributed by atoms with Crippen molar-refractivity contribution in [3.05, 3.63) is 36.5 Å². The average Bonchev–Trinajstić information content (AvgIpc) is 3.08. The van der Waals surface area contributed by atoms with Crippen LogP contribution in [0.25, 0.3) is 0 Å². The highest BCUT2D eigenvalue weighted by Gasteiger charge is 2.57. The van der Waals surface area contributed by atoms with Crippen molar-refractivity contribution in [2.24, 2.45) is 5.41 Å². The molecule has 2 fully saturated rings.